The minimum atomic E-state index is 0.431. The largest absolute Gasteiger partial charge is 0.338 e. The molecular formula is C17H17N. The zero-order chi connectivity index (χ0) is 12.7. The lowest BCUT2D eigenvalue weighted by Crippen LogP contribution is -2.29. The third kappa shape index (κ3) is 1.47. The summed E-state index contributed by atoms with van der Waals surface area (Å²) in [6.45, 7) is 8.71. The molecule has 0 aromatic heterocycles. The second-order valence-corrected chi connectivity index (χ2v) is 4.98. The number of hydrogen-bond donors (Lipinski definition) is 0. The standard InChI is InChI=1S/C17H17N/c1-12(2)18-16-10-6-4-8-14(16)13(3)15-9-5-7-11-17(15)18/h4-12H,3H2,1-2H3. The third-order valence-corrected chi connectivity index (χ3v) is 3.49. The van der Waals surface area contributed by atoms with Crippen LogP contribution in [0.2, 0.25) is 0 Å². The van der Waals surface area contributed by atoms with Crippen LogP contribution in [0.1, 0.15) is 25.0 Å². The Morgan fingerprint density at radius 2 is 1.28 bits per heavy atom. The van der Waals surface area contributed by atoms with Crippen molar-refractivity contribution in [3.8, 4) is 0 Å². The van der Waals surface area contributed by atoms with Crippen molar-refractivity contribution in [1.29, 1.82) is 0 Å². The zero-order valence-electron chi connectivity index (χ0n) is 10.9. The van der Waals surface area contributed by atoms with Crippen LogP contribution in [0.5, 0.6) is 0 Å². The van der Waals surface area contributed by atoms with E-state index in [-0.39, 0.29) is 0 Å². The Labute approximate surface area is 108 Å². The Bertz CT molecular complexity index is 561. The van der Waals surface area contributed by atoms with Crippen molar-refractivity contribution < 1.29 is 0 Å². The van der Waals surface area contributed by atoms with Crippen molar-refractivity contribution in [2.45, 2.75) is 19.9 Å². The van der Waals surface area contributed by atoms with Gasteiger partial charge in [-0.1, -0.05) is 43.0 Å². The molecule has 0 amide bonds. The van der Waals surface area contributed by atoms with E-state index < -0.39 is 0 Å². The molecule has 2 aromatic rings. The molecule has 0 unspecified atom stereocenters. The Kier molecular flexibility index (Phi) is 2.48. The van der Waals surface area contributed by atoms with Crippen molar-refractivity contribution in [3.05, 3.63) is 66.2 Å². The molecule has 1 aliphatic heterocycles. The Balaban J connectivity index is 2.30. The SMILES string of the molecule is C=C1c2ccccc2N(C(C)C)c2ccccc21. The summed E-state index contributed by atoms with van der Waals surface area (Å²) in [6.07, 6.45) is 0. The Morgan fingerprint density at radius 3 is 1.72 bits per heavy atom. The zero-order valence-corrected chi connectivity index (χ0v) is 10.9. The fraction of sp³-hybridized carbons (Fsp3) is 0.176. The first-order valence-electron chi connectivity index (χ1n) is 6.37. The number of hydrogen-bond acceptors (Lipinski definition) is 1. The third-order valence-electron chi connectivity index (χ3n) is 3.49. The van der Waals surface area contributed by atoms with Gasteiger partial charge in [-0.3, -0.25) is 0 Å². The second-order valence-electron chi connectivity index (χ2n) is 4.98. The van der Waals surface area contributed by atoms with Crippen molar-refractivity contribution in [2.24, 2.45) is 0 Å². The summed E-state index contributed by atoms with van der Waals surface area (Å²) in [5.41, 5.74) is 6.13. The summed E-state index contributed by atoms with van der Waals surface area (Å²) < 4.78 is 0. The summed E-state index contributed by atoms with van der Waals surface area (Å²) >= 11 is 0. The van der Waals surface area contributed by atoms with Crippen LogP contribution in [0.15, 0.2) is 55.1 Å². The number of nitrogens with zero attached hydrogens (tertiary/aromatic N) is 1. The number of para-hydroxylation sites is 2. The van der Waals surface area contributed by atoms with Crippen LogP contribution < -0.4 is 4.90 Å². The van der Waals surface area contributed by atoms with Gasteiger partial charge in [0, 0.05) is 28.5 Å². The van der Waals surface area contributed by atoms with E-state index in [1.54, 1.807) is 0 Å². The fourth-order valence-corrected chi connectivity index (χ4v) is 2.71. The number of rotatable bonds is 1. The molecule has 0 aliphatic carbocycles. The van der Waals surface area contributed by atoms with E-state index in [4.69, 9.17) is 0 Å². The van der Waals surface area contributed by atoms with Gasteiger partial charge in [-0.05, 0) is 31.6 Å². The molecule has 90 valence electrons. The molecule has 1 nitrogen and oxygen atoms in total. The highest BCUT2D eigenvalue weighted by molar-refractivity contribution is 5.97. The molecule has 0 N–H and O–H groups in total. The number of anilines is 2. The molecule has 1 aliphatic rings. The quantitative estimate of drug-likeness (QED) is 0.697. The number of fused-ring (bicyclic) bond motifs is 2. The van der Waals surface area contributed by atoms with Gasteiger partial charge >= 0.3 is 0 Å². The van der Waals surface area contributed by atoms with Gasteiger partial charge in [-0.2, -0.15) is 0 Å². The van der Waals surface area contributed by atoms with Gasteiger partial charge in [0.1, 0.15) is 0 Å². The first kappa shape index (κ1) is 11.1. The maximum Gasteiger partial charge on any atom is 0.0493 e. The summed E-state index contributed by atoms with van der Waals surface area (Å²) in [7, 11) is 0. The minimum Gasteiger partial charge on any atom is -0.338 e. The molecule has 18 heavy (non-hydrogen) atoms. The van der Waals surface area contributed by atoms with Gasteiger partial charge in [0.05, 0.1) is 0 Å². The molecule has 3 rings (SSSR count). The van der Waals surface area contributed by atoms with Gasteiger partial charge in [-0.25, -0.2) is 0 Å². The number of benzene rings is 2. The normalized spacial score (nSPS) is 13.5. The molecule has 2 aromatic carbocycles. The Hall–Kier alpha value is -2.02. The van der Waals surface area contributed by atoms with E-state index in [1.807, 2.05) is 0 Å². The van der Waals surface area contributed by atoms with Gasteiger partial charge < -0.3 is 4.90 Å². The predicted molar refractivity (Wildman–Crippen MR) is 78.3 cm³/mol. The van der Waals surface area contributed by atoms with Crippen molar-refractivity contribution >= 4 is 16.9 Å². The van der Waals surface area contributed by atoms with E-state index >= 15 is 0 Å². The van der Waals surface area contributed by atoms with E-state index in [0.717, 1.165) is 5.57 Å². The highest BCUT2D eigenvalue weighted by Crippen LogP contribution is 2.44. The maximum absolute atomic E-state index is 4.26. The van der Waals surface area contributed by atoms with Crippen LogP contribution in [-0.4, -0.2) is 6.04 Å². The van der Waals surface area contributed by atoms with Crippen LogP contribution >= 0.6 is 0 Å². The van der Waals surface area contributed by atoms with Crippen LogP contribution in [0.3, 0.4) is 0 Å². The van der Waals surface area contributed by atoms with Crippen molar-refractivity contribution in [3.63, 3.8) is 0 Å². The average Bonchev–Trinajstić information content (AvgIpc) is 2.39. The lowest BCUT2D eigenvalue weighted by atomic mass is 9.90. The highest BCUT2D eigenvalue weighted by atomic mass is 15.2. The van der Waals surface area contributed by atoms with Gasteiger partial charge in [0.2, 0.25) is 0 Å². The molecule has 0 saturated carbocycles. The molecule has 0 bridgehead atoms. The second kappa shape index (κ2) is 4.02. The molecular weight excluding hydrogens is 218 g/mol. The topological polar surface area (TPSA) is 3.24 Å². The van der Waals surface area contributed by atoms with Gasteiger partial charge in [0.25, 0.3) is 0 Å². The molecule has 0 spiro atoms. The van der Waals surface area contributed by atoms with Gasteiger partial charge in [-0.15, -0.1) is 0 Å². The molecule has 0 radical (unpaired) electrons. The van der Waals surface area contributed by atoms with E-state index in [2.05, 4.69) is 73.9 Å². The highest BCUT2D eigenvalue weighted by Gasteiger charge is 2.25. The lowest BCUT2D eigenvalue weighted by Gasteiger charge is -2.37. The predicted octanol–water partition coefficient (Wildman–Crippen LogP) is 4.61. The summed E-state index contributed by atoms with van der Waals surface area (Å²) in [5, 5.41) is 0. The van der Waals surface area contributed by atoms with E-state index in [1.165, 1.54) is 22.5 Å². The monoisotopic (exact) mass is 235 g/mol. The Morgan fingerprint density at radius 1 is 0.833 bits per heavy atom. The fourth-order valence-electron chi connectivity index (χ4n) is 2.71. The molecule has 1 heteroatoms. The van der Waals surface area contributed by atoms with E-state index in [0.29, 0.717) is 6.04 Å². The average molecular weight is 235 g/mol. The summed E-state index contributed by atoms with van der Waals surface area (Å²) in [4.78, 5) is 2.39. The molecule has 0 atom stereocenters. The first-order chi connectivity index (χ1) is 8.70. The van der Waals surface area contributed by atoms with Gasteiger partial charge in [0.15, 0.2) is 0 Å². The molecule has 0 fully saturated rings. The summed E-state index contributed by atoms with van der Waals surface area (Å²) in [5.74, 6) is 0. The van der Waals surface area contributed by atoms with Crippen LogP contribution in [0.25, 0.3) is 5.57 Å². The van der Waals surface area contributed by atoms with Crippen LogP contribution in [0, 0.1) is 0 Å². The van der Waals surface area contributed by atoms with Crippen LogP contribution in [-0.2, 0) is 0 Å². The molecule has 1 heterocycles. The smallest absolute Gasteiger partial charge is 0.0493 e. The lowest BCUT2D eigenvalue weighted by molar-refractivity contribution is 0.784. The molecule has 0 saturated heterocycles. The van der Waals surface area contributed by atoms with Crippen molar-refractivity contribution in [1.82, 2.24) is 0 Å². The maximum atomic E-state index is 4.26. The van der Waals surface area contributed by atoms with E-state index in [9.17, 15) is 0 Å². The first-order valence-corrected chi connectivity index (χ1v) is 6.37. The van der Waals surface area contributed by atoms with Crippen LogP contribution in [0.4, 0.5) is 11.4 Å². The summed E-state index contributed by atoms with van der Waals surface area (Å²) in [6, 6.07) is 17.4. The van der Waals surface area contributed by atoms with Crippen molar-refractivity contribution in [2.75, 3.05) is 4.90 Å². The minimum absolute atomic E-state index is 0.431.